The standard InChI is InChI=1S/C27H33N8O18P3/c28-22-17-23(31-10-30-22)35(11-32-17)26-21(52-54(41,42)43)19(37)16(51-26)9-49-56(46,47)53-55(44,45)48-8-15-18(36)20(38)25(50-15)34-6-3-14-13(7-34)24(39)33-27(14,40)12-1-4-29-5-2-12/h1-7,10-11,14-16,18-21,25-26,36-38,40H,8-9H2,(H,33,39)(H,44,45)(H,46,47)(H2,28,30,31)(H2,41,42,43)/t14?,15-,16-,18-,19-,20-,21-,25-,26-,27?/m1/s1. The smallest absolute Gasteiger partial charge is 0.387 e. The summed E-state index contributed by atoms with van der Waals surface area (Å²) in [7, 11) is -16.4. The zero-order chi connectivity index (χ0) is 40.4. The van der Waals surface area contributed by atoms with Crippen molar-refractivity contribution in [2.45, 2.75) is 54.8 Å². The van der Waals surface area contributed by atoms with Gasteiger partial charge < -0.3 is 65.4 Å². The third kappa shape index (κ3) is 7.94. The zero-order valence-corrected chi connectivity index (χ0v) is 30.8. The number of nitrogens with one attached hydrogen (secondary N) is 1. The van der Waals surface area contributed by atoms with Crippen molar-refractivity contribution in [3.63, 3.8) is 0 Å². The number of aliphatic hydroxyl groups is 4. The molecule has 1 amide bonds. The van der Waals surface area contributed by atoms with Crippen molar-refractivity contribution in [2.24, 2.45) is 5.92 Å². The van der Waals surface area contributed by atoms with Crippen LogP contribution in [0.5, 0.6) is 0 Å². The number of anilines is 1. The van der Waals surface area contributed by atoms with Gasteiger partial charge >= 0.3 is 23.5 Å². The Bertz CT molecular complexity index is 2190. The molecule has 11 N–H and O–H groups in total. The molecule has 0 saturated carbocycles. The van der Waals surface area contributed by atoms with E-state index in [1.54, 1.807) is 0 Å². The molecule has 3 fully saturated rings. The summed E-state index contributed by atoms with van der Waals surface area (Å²) in [6.07, 6.45) is -4.36. The summed E-state index contributed by atoms with van der Waals surface area (Å²) >= 11 is 0. The van der Waals surface area contributed by atoms with Crippen LogP contribution in [0.25, 0.3) is 11.2 Å². The molecule has 3 aromatic rings. The van der Waals surface area contributed by atoms with Crippen molar-refractivity contribution >= 4 is 46.4 Å². The number of nitrogens with two attached hydrogens (primary N) is 1. The summed E-state index contributed by atoms with van der Waals surface area (Å²) in [6, 6.07) is 3.04. The van der Waals surface area contributed by atoms with Crippen LogP contribution in [0.4, 0.5) is 5.82 Å². The van der Waals surface area contributed by atoms with E-state index in [2.05, 4.69) is 29.6 Å². The van der Waals surface area contributed by atoms with Crippen LogP contribution in [0.15, 0.2) is 61.2 Å². The molecular weight excluding hydrogens is 817 g/mol. The Hall–Kier alpha value is -3.62. The van der Waals surface area contributed by atoms with Crippen LogP contribution < -0.4 is 11.1 Å². The topological polar surface area (TPSA) is 383 Å². The molecular formula is C27H33N8O18P3. The highest BCUT2D eigenvalue weighted by molar-refractivity contribution is 7.61. The van der Waals surface area contributed by atoms with Gasteiger partial charge in [0.25, 0.3) is 5.91 Å². The fraction of sp³-hybridized carbons (Fsp3) is 0.444. The molecule has 304 valence electrons. The van der Waals surface area contributed by atoms with Gasteiger partial charge in [0.15, 0.2) is 29.6 Å². The molecule has 4 unspecified atom stereocenters. The number of pyridine rings is 1. The van der Waals surface area contributed by atoms with Crippen LogP contribution in [0, 0.1) is 5.92 Å². The highest BCUT2D eigenvalue weighted by Crippen LogP contribution is 2.61. The predicted molar refractivity (Wildman–Crippen MR) is 179 cm³/mol. The lowest BCUT2D eigenvalue weighted by Crippen LogP contribution is -2.43. The Labute approximate surface area is 313 Å². The number of amides is 1. The number of aromatic nitrogens is 5. The number of ether oxygens (including phenoxy) is 2. The van der Waals surface area contributed by atoms with Crippen LogP contribution in [-0.4, -0.2) is 131 Å². The van der Waals surface area contributed by atoms with Gasteiger partial charge in [-0.15, -0.1) is 0 Å². The van der Waals surface area contributed by atoms with Crippen molar-refractivity contribution in [3.05, 3.63) is 66.8 Å². The van der Waals surface area contributed by atoms with Crippen molar-refractivity contribution in [1.29, 1.82) is 0 Å². The zero-order valence-electron chi connectivity index (χ0n) is 28.1. The number of hydrogen-bond acceptors (Lipinski definition) is 20. The van der Waals surface area contributed by atoms with Crippen molar-refractivity contribution in [2.75, 3.05) is 18.9 Å². The van der Waals surface area contributed by atoms with E-state index in [0.29, 0.717) is 5.56 Å². The fourth-order valence-corrected chi connectivity index (χ4v) is 9.15. The average Bonchev–Trinajstić information content (AvgIpc) is 3.85. The second kappa shape index (κ2) is 15.0. The number of fused-ring (bicyclic) bond motifs is 2. The molecule has 0 radical (unpaired) electrons. The Morgan fingerprint density at radius 1 is 0.911 bits per heavy atom. The van der Waals surface area contributed by atoms with Crippen LogP contribution in [0.1, 0.15) is 11.8 Å². The first-order chi connectivity index (χ1) is 26.3. The minimum Gasteiger partial charge on any atom is -0.387 e. The first kappa shape index (κ1) is 40.6. The van der Waals surface area contributed by atoms with E-state index in [9.17, 15) is 58.5 Å². The van der Waals surface area contributed by atoms with E-state index in [-0.39, 0.29) is 22.6 Å². The molecule has 12 atom stereocenters. The third-order valence-electron chi connectivity index (χ3n) is 9.09. The molecule has 7 heterocycles. The Morgan fingerprint density at radius 3 is 2.21 bits per heavy atom. The summed E-state index contributed by atoms with van der Waals surface area (Å²) < 4.78 is 68.0. The van der Waals surface area contributed by atoms with Gasteiger partial charge in [-0.2, -0.15) is 4.31 Å². The van der Waals surface area contributed by atoms with Gasteiger partial charge in [-0.05, 0) is 12.1 Å². The summed E-state index contributed by atoms with van der Waals surface area (Å²) in [5.41, 5.74) is 4.45. The highest BCUT2D eigenvalue weighted by atomic mass is 31.3. The van der Waals surface area contributed by atoms with Gasteiger partial charge in [-0.3, -0.25) is 27.9 Å². The van der Waals surface area contributed by atoms with E-state index in [1.807, 2.05) is 0 Å². The minimum absolute atomic E-state index is 0.00528. The molecule has 0 spiro atoms. The molecule has 26 nitrogen and oxygen atoms in total. The SMILES string of the molecule is Nc1ncnc2c1ncn2[C@@H]1O[C@H](COP(=O)(O)OP(=O)(O)OC[C@H]2O[C@@H](N3C=CC4C(=C3)C(=O)NC4(O)c3ccncc3)[C@H](O)[C@@H]2O)[C@@H](O)[C@H]1OP(=O)(O)O. The quantitative estimate of drug-likeness (QED) is 0.0797. The van der Waals surface area contributed by atoms with Crippen molar-refractivity contribution in [1.82, 2.24) is 34.7 Å². The fourth-order valence-electron chi connectivity index (χ4n) is 6.51. The second-order valence-electron chi connectivity index (χ2n) is 12.7. The number of nitrogen functional groups attached to an aromatic ring is 1. The van der Waals surface area contributed by atoms with Gasteiger partial charge in [0.05, 0.1) is 25.5 Å². The van der Waals surface area contributed by atoms with E-state index in [0.717, 1.165) is 17.2 Å². The number of nitrogens with zero attached hydrogens (tertiary/aromatic N) is 6. The summed E-state index contributed by atoms with van der Waals surface area (Å²) in [5.74, 6) is -1.57. The average molecular weight is 851 g/mol. The summed E-state index contributed by atoms with van der Waals surface area (Å²) in [4.78, 5) is 69.1. The summed E-state index contributed by atoms with van der Waals surface area (Å²) in [5, 5.41) is 46.0. The monoisotopic (exact) mass is 850 g/mol. The van der Waals surface area contributed by atoms with Gasteiger partial charge in [0, 0.05) is 35.9 Å². The number of imidazole rings is 1. The molecule has 56 heavy (non-hydrogen) atoms. The lowest BCUT2D eigenvalue weighted by atomic mass is 9.86. The summed E-state index contributed by atoms with van der Waals surface area (Å²) in [6.45, 7) is -2.09. The number of hydrogen-bond donors (Lipinski definition) is 10. The molecule has 4 aliphatic rings. The lowest BCUT2D eigenvalue weighted by Gasteiger charge is -2.33. The Morgan fingerprint density at radius 2 is 1.55 bits per heavy atom. The molecule has 3 saturated heterocycles. The number of carbonyl (C=O) groups excluding carboxylic acids is 1. The Balaban J connectivity index is 0.959. The molecule has 4 aliphatic heterocycles. The largest absolute Gasteiger partial charge is 0.481 e. The van der Waals surface area contributed by atoms with Gasteiger partial charge in [0.1, 0.15) is 48.5 Å². The van der Waals surface area contributed by atoms with Crippen LogP contribution in [0.3, 0.4) is 0 Å². The van der Waals surface area contributed by atoms with Crippen molar-refractivity contribution in [3.8, 4) is 0 Å². The lowest BCUT2D eigenvalue weighted by molar-refractivity contribution is -0.120. The number of carbonyl (C=O) groups is 1. The van der Waals surface area contributed by atoms with Crippen LogP contribution >= 0.6 is 23.5 Å². The maximum Gasteiger partial charge on any atom is 0.481 e. The molecule has 29 heteroatoms. The maximum atomic E-state index is 12.8. The van der Waals surface area contributed by atoms with Crippen LogP contribution in [-0.2, 0) is 51.6 Å². The van der Waals surface area contributed by atoms with Crippen molar-refractivity contribution < 1.29 is 85.8 Å². The first-order valence-corrected chi connectivity index (χ1v) is 20.6. The molecule has 3 aromatic heterocycles. The number of aliphatic hydroxyl groups excluding tert-OH is 3. The predicted octanol–water partition coefficient (Wildman–Crippen LogP) is -2.46. The maximum absolute atomic E-state index is 12.8. The van der Waals surface area contributed by atoms with Gasteiger partial charge in [0.2, 0.25) is 0 Å². The van der Waals surface area contributed by atoms with Gasteiger partial charge in [-0.1, -0.05) is 6.08 Å². The molecule has 0 aliphatic carbocycles. The van der Waals surface area contributed by atoms with Crippen LogP contribution in [0.2, 0.25) is 0 Å². The van der Waals surface area contributed by atoms with E-state index < -0.39 is 103 Å². The van der Waals surface area contributed by atoms with E-state index >= 15 is 0 Å². The molecule has 7 rings (SSSR count). The second-order valence-corrected chi connectivity index (χ2v) is 16.9. The molecule has 0 bridgehead atoms. The normalized spacial score (nSPS) is 33.9. The number of phosphoric acid groups is 3. The van der Waals surface area contributed by atoms with E-state index in [4.69, 9.17) is 28.8 Å². The third-order valence-corrected chi connectivity index (χ3v) is 12.2. The number of phosphoric ester groups is 3. The Kier molecular flexibility index (Phi) is 10.8. The van der Waals surface area contributed by atoms with E-state index in [1.165, 1.54) is 47.9 Å². The first-order valence-electron chi connectivity index (χ1n) is 16.1. The highest BCUT2D eigenvalue weighted by Gasteiger charge is 2.53. The van der Waals surface area contributed by atoms with Gasteiger partial charge in [-0.25, -0.2) is 28.6 Å². The minimum atomic E-state index is -5.57. The number of rotatable bonds is 13. The molecule has 0 aromatic carbocycles.